The highest BCUT2D eigenvalue weighted by atomic mass is 79.9. The molecule has 0 aliphatic heterocycles. The highest BCUT2D eigenvalue weighted by Crippen LogP contribution is 2.20. The normalized spacial score (nSPS) is 10.2. The van der Waals surface area contributed by atoms with Gasteiger partial charge in [0.05, 0.1) is 6.54 Å². The van der Waals surface area contributed by atoms with Crippen LogP contribution in [0.3, 0.4) is 0 Å². The van der Waals surface area contributed by atoms with Crippen LogP contribution in [-0.2, 0) is 4.79 Å². The molecule has 18 heavy (non-hydrogen) atoms. The van der Waals surface area contributed by atoms with Crippen molar-refractivity contribution in [2.24, 2.45) is 0 Å². The lowest BCUT2D eigenvalue weighted by Crippen LogP contribution is -2.30. The number of ether oxygens (including phenoxy) is 1. The minimum atomic E-state index is 0.114. The van der Waals surface area contributed by atoms with Crippen molar-refractivity contribution in [3.8, 4) is 5.75 Å². The van der Waals surface area contributed by atoms with Gasteiger partial charge in [-0.15, -0.1) is 0 Å². The summed E-state index contributed by atoms with van der Waals surface area (Å²) in [5.74, 6) is 0.890. The first kappa shape index (κ1) is 15.3. The summed E-state index contributed by atoms with van der Waals surface area (Å²) in [7, 11) is 1.78. The van der Waals surface area contributed by atoms with Crippen molar-refractivity contribution < 1.29 is 9.53 Å². The van der Waals surface area contributed by atoms with Gasteiger partial charge in [0.25, 0.3) is 0 Å². The molecule has 0 fully saturated rings. The number of likely N-dealkylation sites (N-methyl/N-ethyl adjacent to an activating group) is 1. The number of halogens is 2. The third-order valence-electron chi connectivity index (χ3n) is 2.56. The molecule has 0 saturated carbocycles. The zero-order valence-electron chi connectivity index (χ0n) is 10.6. The standard InChI is InChI=1S/C13H17BrClNO2/c1-10-9-11(3-4-12(10)15)18-8-7-16(2)13(17)5-6-14/h3-4,9H,5-8H2,1-2H3. The van der Waals surface area contributed by atoms with Crippen molar-refractivity contribution in [3.05, 3.63) is 28.8 Å². The van der Waals surface area contributed by atoms with E-state index in [1.165, 1.54) is 0 Å². The van der Waals surface area contributed by atoms with E-state index in [1.54, 1.807) is 11.9 Å². The van der Waals surface area contributed by atoms with Gasteiger partial charge >= 0.3 is 0 Å². The topological polar surface area (TPSA) is 29.5 Å². The third kappa shape index (κ3) is 4.86. The van der Waals surface area contributed by atoms with E-state index in [0.29, 0.717) is 24.9 Å². The van der Waals surface area contributed by atoms with Crippen molar-refractivity contribution in [2.45, 2.75) is 13.3 Å². The number of amides is 1. The summed E-state index contributed by atoms with van der Waals surface area (Å²) in [6, 6.07) is 5.53. The van der Waals surface area contributed by atoms with Gasteiger partial charge in [-0.25, -0.2) is 0 Å². The Kier molecular flexibility index (Phi) is 6.50. The second kappa shape index (κ2) is 7.64. The number of carbonyl (C=O) groups excluding carboxylic acids is 1. The third-order valence-corrected chi connectivity index (χ3v) is 3.38. The molecule has 0 aromatic heterocycles. The lowest BCUT2D eigenvalue weighted by Gasteiger charge is -2.17. The van der Waals surface area contributed by atoms with Crippen LogP contribution in [0.25, 0.3) is 0 Å². The predicted octanol–water partition coefficient (Wildman–Crippen LogP) is 3.27. The number of nitrogens with zero attached hydrogens (tertiary/aromatic N) is 1. The van der Waals surface area contributed by atoms with Crippen LogP contribution < -0.4 is 4.74 Å². The van der Waals surface area contributed by atoms with Gasteiger partial charge in [-0.2, -0.15) is 0 Å². The van der Waals surface area contributed by atoms with E-state index >= 15 is 0 Å². The fraction of sp³-hybridized carbons (Fsp3) is 0.462. The lowest BCUT2D eigenvalue weighted by molar-refractivity contribution is -0.129. The smallest absolute Gasteiger partial charge is 0.223 e. The summed E-state index contributed by atoms with van der Waals surface area (Å²) >= 11 is 9.18. The second-order valence-electron chi connectivity index (χ2n) is 4.01. The highest BCUT2D eigenvalue weighted by molar-refractivity contribution is 9.09. The van der Waals surface area contributed by atoms with Crippen LogP contribution in [0.15, 0.2) is 18.2 Å². The summed E-state index contributed by atoms with van der Waals surface area (Å²) in [4.78, 5) is 13.2. The molecule has 100 valence electrons. The first-order chi connectivity index (χ1) is 8.54. The largest absolute Gasteiger partial charge is 0.492 e. The molecule has 0 aliphatic rings. The number of rotatable bonds is 6. The molecule has 1 aromatic carbocycles. The molecule has 0 radical (unpaired) electrons. The maximum atomic E-state index is 11.5. The Bertz CT molecular complexity index is 412. The maximum absolute atomic E-state index is 11.5. The number of hydrogen-bond acceptors (Lipinski definition) is 2. The van der Waals surface area contributed by atoms with Crippen LogP contribution in [0.4, 0.5) is 0 Å². The van der Waals surface area contributed by atoms with E-state index in [2.05, 4.69) is 15.9 Å². The van der Waals surface area contributed by atoms with Gasteiger partial charge in [0, 0.05) is 23.8 Å². The molecule has 0 unspecified atom stereocenters. The van der Waals surface area contributed by atoms with Crippen molar-refractivity contribution >= 4 is 33.4 Å². The van der Waals surface area contributed by atoms with Gasteiger partial charge in [0.2, 0.25) is 5.91 Å². The summed E-state index contributed by atoms with van der Waals surface area (Å²) in [6.07, 6.45) is 0.510. The zero-order valence-corrected chi connectivity index (χ0v) is 12.9. The fourth-order valence-electron chi connectivity index (χ4n) is 1.40. The quantitative estimate of drug-likeness (QED) is 0.747. The highest BCUT2D eigenvalue weighted by Gasteiger charge is 2.07. The SMILES string of the molecule is Cc1cc(OCCN(C)C(=O)CCBr)ccc1Cl. The summed E-state index contributed by atoms with van der Waals surface area (Å²) in [5.41, 5.74) is 0.984. The number of carbonyl (C=O) groups is 1. The molecule has 1 aromatic rings. The van der Waals surface area contributed by atoms with Crippen LogP contribution in [0.1, 0.15) is 12.0 Å². The minimum Gasteiger partial charge on any atom is -0.492 e. The molecule has 0 N–H and O–H groups in total. The van der Waals surface area contributed by atoms with Crippen LogP contribution in [0.5, 0.6) is 5.75 Å². The minimum absolute atomic E-state index is 0.114. The Morgan fingerprint density at radius 3 is 2.83 bits per heavy atom. The van der Waals surface area contributed by atoms with E-state index in [-0.39, 0.29) is 5.91 Å². The Hall–Kier alpha value is -0.740. The molecule has 0 atom stereocenters. The second-order valence-corrected chi connectivity index (χ2v) is 5.21. The summed E-state index contributed by atoms with van der Waals surface area (Å²) in [6.45, 7) is 2.99. The molecule has 3 nitrogen and oxygen atoms in total. The van der Waals surface area contributed by atoms with Crippen LogP contribution in [0.2, 0.25) is 5.02 Å². The molecule has 0 saturated heterocycles. The van der Waals surface area contributed by atoms with Crippen molar-refractivity contribution in [1.29, 1.82) is 0 Å². The Balaban J connectivity index is 2.37. The molecule has 1 amide bonds. The predicted molar refractivity (Wildman–Crippen MR) is 77.7 cm³/mol. The van der Waals surface area contributed by atoms with Gasteiger partial charge in [-0.3, -0.25) is 4.79 Å². The summed E-state index contributed by atoms with van der Waals surface area (Å²) in [5, 5.41) is 1.42. The van der Waals surface area contributed by atoms with Crippen LogP contribution >= 0.6 is 27.5 Å². The number of hydrogen-bond donors (Lipinski definition) is 0. The fourth-order valence-corrected chi connectivity index (χ4v) is 1.86. The van der Waals surface area contributed by atoms with Gasteiger partial charge in [0.15, 0.2) is 0 Å². The molecule has 5 heteroatoms. The monoisotopic (exact) mass is 333 g/mol. The number of aryl methyl sites for hydroxylation is 1. The molecular weight excluding hydrogens is 318 g/mol. The Morgan fingerprint density at radius 1 is 1.50 bits per heavy atom. The average Bonchev–Trinajstić information content (AvgIpc) is 2.34. The molecule has 1 rings (SSSR count). The Morgan fingerprint density at radius 2 is 2.22 bits per heavy atom. The zero-order chi connectivity index (χ0) is 13.5. The van der Waals surface area contributed by atoms with E-state index in [0.717, 1.165) is 16.3 Å². The Labute approximate surface area is 121 Å². The van der Waals surface area contributed by atoms with Gasteiger partial charge in [-0.05, 0) is 30.7 Å². The van der Waals surface area contributed by atoms with Crippen LogP contribution in [-0.4, -0.2) is 36.3 Å². The van der Waals surface area contributed by atoms with Crippen molar-refractivity contribution in [2.75, 3.05) is 25.5 Å². The molecule has 0 heterocycles. The van der Waals surface area contributed by atoms with E-state index < -0.39 is 0 Å². The van der Waals surface area contributed by atoms with E-state index in [4.69, 9.17) is 16.3 Å². The van der Waals surface area contributed by atoms with Crippen molar-refractivity contribution in [1.82, 2.24) is 4.90 Å². The van der Waals surface area contributed by atoms with E-state index in [9.17, 15) is 4.79 Å². The molecular formula is C13H17BrClNO2. The molecule has 0 bridgehead atoms. The number of alkyl halides is 1. The van der Waals surface area contributed by atoms with E-state index in [1.807, 2.05) is 25.1 Å². The lowest BCUT2D eigenvalue weighted by atomic mass is 10.2. The van der Waals surface area contributed by atoms with Gasteiger partial charge in [0.1, 0.15) is 12.4 Å². The number of benzene rings is 1. The molecule has 0 spiro atoms. The van der Waals surface area contributed by atoms with Gasteiger partial charge in [-0.1, -0.05) is 27.5 Å². The molecule has 0 aliphatic carbocycles. The first-order valence-corrected chi connectivity index (χ1v) is 7.23. The first-order valence-electron chi connectivity index (χ1n) is 5.73. The van der Waals surface area contributed by atoms with Gasteiger partial charge < -0.3 is 9.64 Å². The van der Waals surface area contributed by atoms with Crippen LogP contribution in [0, 0.1) is 6.92 Å². The maximum Gasteiger partial charge on any atom is 0.223 e. The van der Waals surface area contributed by atoms with Crippen molar-refractivity contribution in [3.63, 3.8) is 0 Å². The summed E-state index contributed by atoms with van der Waals surface area (Å²) < 4.78 is 5.58. The average molecular weight is 335 g/mol.